The molecular weight excluding hydrogens is 212 g/mol. The molecule has 0 aliphatic carbocycles. The number of aromatic nitrogens is 2. The number of hydrogen-bond donors (Lipinski definition) is 1. The molecule has 0 aromatic carbocycles. The van der Waals surface area contributed by atoms with Gasteiger partial charge in [-0.1, -0.05) is 0 Å². The minimum Gasteiger partial charge on any atom is -0.330 e. The Hall–Kier alpha value is -0.870. The topological polar surface area (TPSA) is 47.1 Å². The van der Waals surface area contributed by atoms with E-state index < -0.39 is 0 Å². The van der Waals surface area contributed by atoms with Gasteiger partial charge in [-0.15, -0.1) is 0 Å². The van der Waals surface area contributed by atoms with Gasteiger partial charge in [-0.3, -0.25) is 9.58 Å². The van der Waals surface area contributed by atoms with Crippen LogP contribution in [0.2, 0.25) is 0 Å². The Morgan fingerprint density at radius 3 is 2.82 bits per heavy atom. The molecule has 0 amide bonds. The zero-order valence-electron chi connectivity index (χ0n) is 11.2. The van der Waals surface area contributed by atoms with Crippen molar-refractivity contribution in [3.05, 3.63) is 17.5 Å². The molecule has 2 N–H and O–H groups in total. The lowest BCUT2D eigenvalue weighted by Gasteiger charge is -2.14. The van der Waals surface area contributed by atoms with Crippen molar-refractivity contribution in [2.24, 2.45) is 11.7 Å². The fourth-order valence-electron chi connectivity index (χ4n) is 2.43. The molecule has 96 valence electrons. The molecule has 4 nitrogen and oxygen atoms in total. The van der Waals surface area contributed by atoms with E-state index in [4.69, 9.17) is 5.73 Å². The van der Waals surface area contributed by atoms with Crippen LogP contribution in [0.15, 0.2) is 6.20 Å². The second kappa shape index (κ2) is 5.19. The summed E-state index contributed by atoms with van der Waals surface area (Å²) in [6.45, 7) is 10.6. The first kappa shape index (κ1) is 12.6. The van der Waals surface area contributed by atoms with Crippen LogP contribution in [0.25, 0.3) is 0 Å². The Morgan fingerprint density at radius 2 is 2.29 bits per heavy atom. The van der Waals surface area contributed by atoms with E-state index in [1.165, 1.54) is 18.5 Å². The summed E-state index contributed by atoms with van der Waals surface area (Å²) in [6.07, 6.45) is 3.43. The smallest absolute Gasteiger partial charge is 0.0638 e. The fourth-order valence-corrected chi connectivity index (χ4v) is 2.43. The van der Waals surface area contributed by atoms with Gasteiger partial charge in [0.05, 0.1) is 5.69 Å². The molecule has 1 aromatic rings. The van der Waals surface area contributed by atoms with E-state index in [-0.39, 0.29) is 0 Å². The first-order valence-electron chi connectivity index (χ1n) is 6.57. The van der Waals surface area contributed by atoms with Gasteiger partial charge in [0.1, 0.15) is 0 Å². The van der Waals surface area contributed by atoms with Crippen molar-refractivity contribution in [3.8, 4) is 0 Å². The highest BCUT2D eigenvalue weighted by Crippen LogP contribution is 2.19. The summed E-state index contributed by atoms with van der Waals surface area (Å²) in [7, 11) is 0. The molecule has 0 radical (unpaired) electrons. The maximum Gasteiger partial charge on any atom is 0.0638 e. The SMILES string of the molecule is Cc1nn(C(C)C)cc1CN1CCC(CN)C1. The van der Waals surface area contributed by atoms with E-state index in [0.29, 0.717) is 12.0 Å². The van der Waals surface area contributed by atoms with Crippen molar-refractivity contribution in [1.29, 1.82) is 0 Å². The van der Waals surface area contributed by atoms with Crippen molar-refractivity contribution in [1.82, 2.24) is 14.7 Å². The zero-order valence-corrected chi connectivity index (χ0v) is 11.2. The molecule has 2 rings (SSSR count). The quantitative estimate of drug-likeness (QED) is 0.863. The van der Waals surface area contributed by atoms with E-state index in [1.807, 2.05) is 0 Å². The molecule has 4 heteroatoms. The third-order valence-corrected chi connectivity index (χ3v) is 3.64. The summed E-state index contributed by atoms with van der Waals surface area (Å²) in [6, 6.07) is 0.442. The molecule has 0 spiro atoms. The monoisotopic (exact) mass is 236 g/mol. The molecule has 1 saturated heterocycles. The number of nitrogens with two attached hydrogens (primary N) is 1. The lowest BCUT2D eigenvalue weighted by Crippen LogP contribution is -2.22. The van der Waals surface area contributed by atoms with Gasteiger partial charge in [0, 0.05) is 30.9 Å². The van der Waals surface area contributed by atoms with Gasteiger partial charge in [-0.05, 0) is 46.2 Å². The predicted octanol–water partition coefficient (Wildman–Crippen LogP) is 1.55. The molecular formula is C13H24N4. The van der Waals surface area contributed by atoms with Crippen molar-refractivity contribution >= 4 is 0 Å². The third kappa shape index (κ3) is 2.87. The molecule has 1 unspecified atom stereocenters. The fraction of sp³-hybridized carbons (Fsp3) is 0.769. The van der Waals surface area contributed by atoms with E-state index in [1.54, 1.807) is 0 Å². The van der Waals surface area contributed by atoms with E-state index in [0.717, 1.165) is 25.3 Å². The van der Waals surface area contributed by atoms with Crippen LogP contribution in [0.1, 0.15) is 37.6 Å². The molecule has 1 fully saturated rings. The van der Waals surface area contributed by atoms with Crippen LogP contribution in [-0.2, 0) is 6.54 Å². The molecule has 0 saturated carbocycles. The summed E-state index contributed by atoms with van der Waals surface area (Å²) in [5.74, 6) is 0.690. The lowest BCUT2D eigenvalue weighted by molar-refractivity contribution is 0.317. The van der Waals surface area contributed by atoms with Crippen LogP contribution in [0.3, 0.4) is 0 Å². The first-order chi connectivity index (χ1) is 8.10. The second-order valence-corrected chi connectivity index (χ2v) is 5.44. The standard InChI is InChI=1S/C13H24N4/c1-10(2)17-9-13(11(3)15-17)8-16-5-4-12(6-14)7-16/h9-10,12H,4-8,14H2,1-3H3. The van der Waals surface area contributed by atoms with Crippen LogP contribution >= 0.6 is 0 Å². The Labute approximate surface area is 104 Å². The summed E-state index contributed by atoms with van der Waals surface area (Å²) >= 11 is 0. The Kier molecular flexibility index (Phi) is 3.84. The number of likely N-dealkylation sites (tertiary alicyclic amines) is 1. The Bertz CT molecular complexity index is 369. The molecule has 1 aliphatic rings. The minimum atomic E-state index is 0.442. The molecule has 2 heterocycles. The lowest BCUT2D eigenvalue weighted by atomic mass is 10.1. The maximum atomic E-state index is 5.72. The predicted molar refractivity (Wildman–Crippen MR) is 69.8 cm³/mol. The van der Waals surface area contributed by atoms with E-state index in [2.05, 4.69) is 41.6 Å². The largest absolute Gasteiger partial charge is 0.330 e. The Morgan fingerprint density at radius 1 is 1.53 bits per heavy atom. The number of hydrogen-bond acceptors (Lipinski definition) is 3. The van der Waals surface area contributed by atoms with Crippen LogP contribution in [0.4, 0.5) is 0 Å². The number of nitrogens with zero attached hydrogens (tertiary/aromatic N) is 3. The van der Waals surface area contributed by atoms with Gasteiger partial charge >= 0.3 is 0 Å². The average Bonchev–Trinajstić information content (AvgIpc) is 2.87. The summed E-state index contributed by atoms with van der Waals surface area (Å²) in [5.41, 5.74) is 8.24. The van der Waals surface area contributed by atoms with Crippen molar-refractivity contribution in [2.75, 3.05) is 19.6 Å². The van der Waals surface area contributed by atoms with Crippen LogP contribution in [-0.4, -0.2) is 34.3 Å². The van der Waals surface area contributed by atoms with Crippen LogP contribution < -0.4 is 5.73 Å². The van der Waals surface area contributed by atoms with Gasteiger partial charge < -0.3 is 5.73 Å². The van der Waals surface area contributed by atoms with Crippen LogP contribution in [0.5, 0.6) is 0 Å². The van der Waals surface area contributed by atoms with Crippen molar-refractivity contribution < 1.29 is 0 Å². The van der Waals surface area contributed by atoms with Crippen molar-refractivity contribution in [3.63, 3.8) is 0 Å². The number of aryl methyl sites for hydroxylation is 1. The molecule has 1 aliphatic heterocycles. The third-order valence-electron chi connectivity index (χ3n) is 3.64. The number of rotatable bonds is 4. The summed E-state index contributed by atoms with van der Waals surface area (Å²) in [5, 5.41) is 4.56. The summed E-state index contributed by atoms with van der Waals surface area (Å²) < 4.78 is 2.06. The zero-order chi connectivity index (χ0) is 12.4. The highest BCUT2D eigenvalue weighted by molar-refractivity contribution is 5.15. The molecule has 1 aromatic heterocycles. The second-order valence-electron chi connectivity index (χ2n) is 5.44. The van der Waals surface area contributed by atoms with Crippen LogP contribution in [0, 0.1) is 12.8 Å². The molecule has 1 atom stereocenters. The van der Waals surface area contributed by atoms with Gasteiger partial charge in [0.2, 0.25) is 0 Å². The van der Waals surface area contributed by atoms with E-state index in [9.17, 15) is 0 Å². The maximum absolute atomic E-state index is 5.72. The summed E-state index contributed by atoms with van der Waals surface area (Å²) in [4.78, 5) is 2.49. The van der Waals surface area contributed by atoms with Crippen molar-refractivity contribution in [2.45, 2.75) is 39.8 Å². The highest BCUT2D eigenvalue weighted by Gasteiger charge is 2.22. The van der Waals surface area contributed by atoms with Gasteiger partial charge in [0.15, 0.2) is 0 Å². The van der Waals surface area contributed by atoms with Gasteiger partial charge in [0.25, 0.3) is 0 Å². The van der Waals surface area contributed by atoms with Gasteiger partial charge in [-0.2, -0.15) is 5.10 Å². The first-order valence-corrected chi connectivity index (χ1v) is 6.57. The average molecular weight is 236 g/mol. The van der Waals surface area contributed by atoms with Gasteiger partial charge in [-0.25, -0.2) is 0 Å². The molecule has 0 bridgehead atoms. The minimum absolute atomic E-state index is 0.442. The molecule has 17 heavy (non-hydrogen) atoms. The highest BCUT2D eigenvalue weighted by atomic mass is 15.3. The van der Waals surface area contributed by atoms with E-state index >= 15 is 0 Å². The normalized spacial score (nSPS) is 21.6. The Balaban J connectivity index is 1.99.